The maximum atomic E-state index is 13.3. The lowest BCUT2D eigenvalue weighted by Gasteiger charge is -2.15. The molecule has 1 atom stereocenters. The van der Waals surface area contributed by atoms with Gasteiger partial charge >= 0.3 is 0 Å². The predicted octanol–water partition coefficient (Wildman–Crippen LogP) is 4.07. The van der Waals surface area contributed by atoms with E-state index in [9.17, 15) is 9.50 Å². The van der Waals surface area contributed by atoms with Crippen LogP contribution in [0.15, 0.2) is 42.5 Å². The molecule has 2 aromatic rings. The van der Waals surface area contributed by atoms with Crippen molar-refractivity contribution < 1.29 is 19.0 Å². The van der Waals surface area contributed by atoms with E-state index in [1.54, 1.807) is 19.1 Å². The highest BCUT2D eigenvalue weighted by atomic mass is 19.1. The molecule has 2 aromatic carbocycles. The lowest BCUT2D eigenvalue weighted by atomic mass is 10.1. The minimum atomic E-state index is -0.819. The molecule has 0 radical (unpaired) electrons. The highest BCUT2D eigenvalue weighted by Crippen LogP contribution is 2.35. The van der Waals surface area contributed by atoms with E-state index in [-0.39, 0.29) is 0 Å². The van der Waals surface area contributed by atoms with Crippen molar-refractivity contribution in [3.05, 3.63) is 53.8 Å². The van der Waals surface area contributed by atoms with Gasteiger partial charge in [-0.05, 0) is 44.2 Å². The predicted molar refractivity (Wildman–Crippen MR) is 74.7 cm³/mol. The van der Waals surface area contributed by atoms with Crippen molar-refractivity contribution in [2.45, 2.75) is 20.0 Å². The quantitative estimate of drug-likeness (QED) is 0.894. The SMILES string of the molecule is CCOc1ccccc1Oc1ccc(F)cc1[C@@H](C)O. The first-order valence-electron chi connectivity index (χ1n) is 6.49. The number of rotatable bonds is 5. The van der Waals surface area contributed by atoms with Crippen molar-refractivity contribution in [2.24, 2.45) is 0 Å². The molecule has 0 aliphatic carbocycles. The Labute approximate surface area is 117 Å². The van der Waals surface area contributed by atoms with Crippen LogP contribution in [0.3, 0.4) is 0 Å². The van der Waals surface area contributed by atoms with Gasteiger partial charge in [0.1, 0.15) is 11.6 Å². The van der Waals surface area contributed by atoms with Crippen molar-refractivity contribution in [2.75, 3.05) is 6.61 Å². The van der Waals surface area contributed by atoms with Crippen LogP contribution in [0, 0.1) is 5.82 Å². The Morgan fingerprint density at radius 1 is 1.10 bits per heavy atom. The lowest BCUT2D eigenvalue weighted by Crippen LogP contribution is -1.99. The minimum Gasteiger partial charge on any atom is -0.490 e. The standard InChI is InChI=1S/C16H17FO3/c1-3-19-15-6-4-5-7-16(15)20-14-9-8-12(17)10-13(14)11(2)18/h4-11,18H,3H2,1-2H3/t11-/m1/s1. The van der Waals surface area contributed by atoms with Crippen molar-refractivity contribution in [1.82, 2.24) is 0 Å². The van der Waals surface area contributed by atoms with Crippen molar-refractivity contribution >= 4 is 0 Å². The van der Waals surface area contributed by atoms with Crippen LogP contribution in [0.25, 0.3) is 0 Å². The number of ether oxygens (including phenoxy) is 2. The number of hydrogen-bond donors (Lipinski definition) is 1. The van der Waals surface area contributed by atoms with E-state index < -0.39 is 11.9 Å². The van der Waals surface area contributed by atoms with E-state index in [0.717, 1.165) is 0 Å². The van der Waals surface area contributed by atoms with Gasteiger partial charge in [0, 0.05) is 5.56 Å². The van der Waals surface area contributed by atoms with E-state index in [1.165, 1.54) is 18.2 Å². The second-order valence-corrected chi connectivity index (χ2v) is 4.34. The molecule has 20 heavy (non-hydrogen) atoms. The summed E-state index contributed by atoms with van der Waals surface area (Å²) in [4.78, 5) is 0. The van der Waals surface area contributed by atoms with Gasteiger partial charge in [0.2, 0.25) is 0 Å². The number of para-hydroxylation sites is 2. The van der Waals surface area contributed by atoms with Gasteiger partial charge in [0.25, 0.3) is 0 Å². The van der Waals surface area contributed by atoms with Gasteiger partial charge in [-0.2, -0.15) is 0 Å². The minimum absolute atomic E-state index is 0.399. The van der Waals surface area contributed by atoms with E-state index in [2.05, 4.69) is 0 Å². The van der Waals surface area contributed by atoms with E-state index in [1.807, 2.05) is 19.1 Å². The fourth-order valence-electron chi connectivity index (χ4n) is 1.87. The summed E-state index contributed by atoms with van der Waals surface area (Å²) < 4.78 is 24.5. The molecule has 0 aliphatic rings. The average molecular weight is 276 g/mol. The topological polar surface area (TPSA) is 38.7 Å². The Morgan fingerprint density at radius 3 is 2.45 bits per heavy atom. The second-order valence-electron chi connectivity index (χ2n) is 4.34. The Morgan fingerprint density at radius 2 is 1.80 bits per heavy atom. The van der Waals surface area contributed by atoms with Crippen LogP contribution in [0.5, 0.6) is 17.2 Å². The molecule has 0 saturated heterocycles. The van der Waals surface area contributed by atoms with Gasteiger partial charge in [-0.1, -0.05) is 12.1 Å². The molecule has 0 aliphatic heterocycles. The third-order valence-electron chi connectivity index (χ3n) is 2.79. The van der Waals surface area contributed by atoms with Gasteiger partial charge in [0.05, 0.1) is 12.7 Å². The molecule has 0 heterocycles. The summed E-state index contributed by atoms with van der Waals surface area (Å²) in [6.45, 7) is 3.97. The maximum absolute atomic E-state index is 13.3. The third kappa shape index (κ3) is 3.27. The first-order chi connectivity index (χ1) is 9.61. The molecule has 0 aromatic heterocycles. The van der Waals surface area contributed by atoms with Crippen LogP contribution < -0.4 is 9.47 Å². The molecule has 0 amide bonds. The smallest absolute Gasteiger partial charge is 0.169 e. The fraction of sp³-hybridized carbons (Fsp3) is 0.250. The van der Waals surface area contributed by atoms with Crippen LogP contribution in [-0.4, -0.2) is 11.7 Å². The summed E-state index contributed by atoms with van der Waals surface area (Å²) in [5.41, 5.74) is 0.399. The number of hydrogen-bond acceptors (Lipinski definition) is 3. The first-order valence-corrected chi connectivity index (χ1v) is 6.49. The average Bonchev–Trinajstić information content (AvgIpc) is 2.43. The number of benzene rings is 2. The van der Waals surface area contributed by atoms with Crippen LogP contribution >= 0.6 is 0 Å². The lowest BCUT2D eigenvalue weighted by molar-refractivity contribution is 0.194. The Bertz CT molecular complexity index is 582. The molecular formula is C16H17FO3. The zero-order chi connectivity index (χ0) is 14.5. The monoisotopic (exact) mass is 276 g/mol. The van der Waals surface area contributed by atoms with E-state index in [4.69, 9.17) is 9.47 Å². The van der Waals surface area contributed by atoms with Gasteiger partial charge in [-0.15, -0.1) is 0 Å². The Balaban J connectivity index is 2.35. The van der Waals surface area contributed by atoms with Gasteiger partial charge < -0.3 is 14.6 Å². The molecule has 4 heteroatoms. The summed E-state index contributed by atoms with van der Waals surface area (Å²) in [7, 11) is 0. The number of aliphatic hydroxyl groups excluding tert-OH is 1. The highest BCUT2D eigenvalue weighted by Gasteiger charge is 2.13. The zero-order valence-electron chi connectivity index (χ0n) is 11.5. The third-order valence-corrected chi connectivity index (χ3v) is 2.79. The molecule has 0 unspecified atom stereocenters. The van der Waals surface area contributed by atoms with Crippen LogP contribution in [-0.2, 0) is 0 Å². The molecule has 106 valence electrons. The first kappa shape index (κ1) is 14.3. The van der Waals surface area contributed by atoms with Crippen molar-refractivity contribution in [3.63, 3.8) is 0 Å². The van der Waals surface area contributed by atoms with E-state index in [0.29, 0.717) is 29.4 Å². The van der Waals surface area contributed by atoms with Gasteiger partial charge in [0.15, 0.2) is 11.5 Å². The molecule has 3 nitrogen and oxygen atoms in total. The van der Waals surface area contributed by atoms with Crippen LogP contribution in [0.2, 0.25) is 0 Å². The largest absolute Gasteiger partial charge is 0.490 e. The maximum Gasteiger partial charge on any atom is 0.169 e. The molecule has 0 bridgehead atoms. The molecule has 1 N–H and O–H groups in total. The zero-order valence-corrected chi connectivity index (χ0v) is 11.5. The summed E-state index contributed by atoms with van der Waals surface area (Å²) in [5, 5.41) is 9.70. The van der Waals surface area contributed by atoms with E-state index >= 15 is 0 Å². The summed E-state index contributed by atoms with van der Waals surface area (Å²) >= 11 is 0. The second kappa shape index (κ2) is 6.39. The normalized spacial score (nSPS) is 12.0. The fourth-order valence-corrected chi connectivity index (χ4v) is 1.87. The molecule has 0 fully saturated rings. The van der Waals surface area contributed by atoms with Crippen LogP contribution in [0.4, 0.5) is 4.39 Å². The summed E-state index contributed by atoms with van der Waals surface area (Å²) in [5.74, 6) is 1.14. The van der Waals surface area contributed by atoms with Crippen molar-refractivity contribution in [1.29, 1.82) is 0 Å². The van der Waals surface area contributed by atoms with Crippen LogP contribution in [0.1, 0.15) is 25.5 Å². The molecular weight excluding hydrogens is 259 g/mol. The van der Waals surface area contributed by atoms with Gasteiger partial charge in [-0.25, -0.2) is 4.39 Å². The molecule has 0 saturated carbocycles. The molecule has 0 spiro atoms. The summed E-state index contributed by atoms with van der Waals surface area (Å²) in [6.07, 6.45) is -0.819. The van der Waals surface area contributed by atoms with Crippen molar-refractivity contribution in [3.8, 4) is 17.2 Å². The Hall–Kier alpha value is -2.07. The van der Waals surface area contributed by atoms with Gasteiger partial charge in [-0.3, -0.25) is 0 Å². The molecule has 2 rings (SSSR count). The number of aliphatic hydroxyl groups is 1. The highest BCUT2D eigenvalue weighted by molar-refractivity contribution is 5.45. The number of halogens is 1. The summed E-state index contributed by atoms with van der Waals surface area (Å²) in [6, 6.07) is 11.3. The Kier molecular flexibility index (Phi) is 4.58.